The molecule has 28 heavy (non-hydrogen) atoms. The molecule has 2 aromatic carbocycles. The lowest BCUT2D eigenvalue weighted by atomic mass is 10.2. The van der Waals surface area contributed by atoms with Gasteiger partial charge in [-0.2, -0.15) is 4.31 Å². The molecule has 1 aliphatic rings. The first-order valence-electron chi connectivity index (χ1n) is 9.20. The molecule has 0 fully saturated rings. The Labute approximate surface area is 165 Å². The molecule has 2 aromatic rings. The van der Waals surface area contributed by atoms with Gasteiger partial charge in [-0.05, 0) is 38.1 Å². The Kier molecular flexibility index (Phi) is 6.31. The molecule has 0 radical (unpaired) electrons. The van der Waals surface area contributed by atoms with E-state index in [-0.39, 0.29) is 18.0 Å². The molecule has 0 saturated heterocycles. The van der Waals surface area contributed by atoms with E-state index >= 15 is 0 Å². The van der Waals surface area contributed by atoms with Crippen molar-refractivity contribution in [1.29, 1.82) is 0 Å². The number of rotatable bonds is 8. The Hall–Kier alpha value is -2.45. The van der Waals surface area contributed by atoms with Crippen LogP contribution < -0.4 is 18.9 Å². The number of para-hydroxylation sites is 2. The molecule has 3 rings (SSSR count). The number of hydrogen-bond donors (Lipinski definition) is 0. The van der Waals surface area contributed by atoms with Gasteiger partial charge in [0, 0.05) is 13.1 Å². The molecular weight excluding hydrogens is 382 g/mol. The SMILES string of the molecule is CCOc1ccc(S(=O)(=O)N(C)CC2COc3ccccc3O2)cc1OCC. The molecule has 7 nitrogen and oxygen atoms in total. The summed E-state index contributed by atoms with van der Waals surface area (Å²) in [5.41, 5.74) is 0. The fourth-order valence-corrected chi connectivity index (χ4v) is 4.13. The second kappa shape index (κ2) is 8.70. The molecule has 1 unspecified atom stereocenters. The van der Waals surface area contributed by atoms with Crippen LogP contribution in [-0.2, 0) is 10.0 Å². The number of benzene rings is 2. The molecule has 0 aromatic heterocycles. The summed E-state index contributed by atoms with van der Waals surface area (Å²) in [4.78, 5) is 0.138. The third kappa shape index (κ3) is 4.34. The Balaban J connectivity index is 1.76. The normalized spacial score (nSPS) is 16.1. The highest BCUT2D eigenvalue weighted by molar-refractivity contribution is 7.89. The zero-order valence-corrected chi connectivity index (χ0v) is 17.1. The minimum atomic E-state index is -3.73. The summed E-state index contributed by atoms with van der Waals surface area (Å²) in [6.07, 6.45) is -0.399. The van der Waals surface area contributed by atoms with Crippen molar-refractivity contribution in [1.82, 2.24) is 4.31 Å². The van der Waals surface area contributed by atoms with Gasteiger partial charge in [0.2, 0.25) is 10.0 Å². The van der Waals surface area contributed by atoms with E-state index in [1.54, 1.807) is 12.1 Å². The van der Waals surface area contributed by atoms with E-state index in [4.69, 9.17) is 18.9 Å². The summed E-state index contributed by atoms with van der Waals surface area (Å²) < 4.78 is 49.9. The Morgan fingerprint density at radius 2 is 1.71 bits per heavy atom. The van der Waals surface area contributed by atoms with E-state index in [1.807, 2.05) is 32.0 Å². The van der Waals surface area contributed by atoms with Gasteiger partial charge in [0.25, 0.3) is 0 Å². The van der Waals surface area contributed by atoms with Gasteiger partial charge in [-0.25, -0.2) is 8.42 Å². The summed E-state index contributed by atoms with van der Waals surface area (Å²) in [6.45, 7) is 5.01. The monoisotopic (exact) mass is 407 g/mol. The predicted molar refractivity (Wildman–Crippen MR) is 105 cm³/mol. The summed E-state index contributed by atoms with van der Waals surface area (Å²) in [5, 5.41) is 0. The van der Waals surface area contributed by atoms with Crippen molar-refractivity contribution in [2.75, 3.05) is 33.4 Å². The van der Waals surface area contributed by atoms with Crippen LogP contribution in [-0.4, -0.2) is 52.2 Å². The maximum Gasteiger partial charge on any atom is 0.243 e. The van der Waals surface area contributed by atoms with Crippen molar-refractivity contribution >= 4 is 10.0 Å². The summed E-state index contributed by atoms with van der Waals surface area (Å²) in [6, 6.07) is 12.0. The van der Waals surface area contributed by atoms with E-state index in [9.17, 15) is 8.42 Å². The van der Waals surface area contributed by atoms with Crippen molar-refractivity contribution in [2.45, 2.75) is 24.8 Å². The molecule has 0 bridgehead atoms. The first kappa shape index (κ1) is 20.3. The van der Waals surface area contributed by atoms with Gasteiger partial charge in [0.15, 0.2) is 23.0 Å². The van der Waals surface area contributed by atoms with E-state index in [0.29, 0.717) is 36.2 Å². The Morgan fingerprint density at radius 1 is 1.04 bits per heavy atom. The van der Waals surface area contributed by atoms with Crippen molar-refractivity contribution in [3.8, 4) is 23.0 Å². The lowest BCUT2D eigenvalue weighted by Gasteiger charge is -2.29. The quantitative estimate of drug-likeness (QED) is 0.670. The lowest BCUT2D eigenvalue weighted by molar-refractivity contribution is 0.0798. The number of hydrogen-bond acceptors (Lipinski definition) is 6. The Bertz CT molecular complexity index is 915. The fraction of sp³-hybridized carbons (Fsp3) is 0.400. The average molecular weight is 407 g/mol. The van der Waals surface area contributed by atoms with Crippen LogP contribution in [0.15, 0.2) is 47.4 Å². The van der Waals surface area contributed by atoms with E-state index in [1.165, 1.54) is 23.5 Å². The van der Waals surface area contributed by atoms with Crippen LogP contribution in [0.3, 0.4) is 0 Å². The second-order valence-electron chi connectivity index (χ2n) is 6.26. The predicted octanol–water partition coefficient (Wildman–Crippen LogP) is 2.94. The molecule has 1 heterocycles. The third-order valence-electron chi connectivity index (χ3n) is 4.25. The number of nitrogens with zero attached hydrogens (tertiary/aromatic N) is 1. The molecule has 152 valence electrons. The van der Waals surface area contributed by atoms with Crippen molar-refractivity contribution in [3.05, 3.63) is 42.5 Å². The molecule has 0 amide bonds. The van der Waals surface area contributed by atoms with Gasteiger partial charge in [0.05, 0.1) is 24.7 Å². The highest BCUT2D eigenvalue weighted by atomic mass is 32.2. The standard InChI is InChI=1S/C20H25NO6S/c1-4-24-18-11-10-16(12-20(18)25-5-2)28(22,23)21(3)13-15-14-26-17-8-6-7-9-19(17)27-15/h6-12,15H,4-5,13-14H2,1-3H3. The van der Waals surface area contributed by atoms with Crippen LogP contribution in [0.1, 0.15) is 13.8 Å². The van der Waals surface area contributed by atoms with E-state index < -0.39 is 16.1 Å². The fourth-order valence-electron chi connectivity index (χ4n) is 2.91. The molecule has 0 aliphatic carbocycles. The maximum atomic E-state index is 13.0. The number of likely N-dealkylation sites (N-methyl/N-ethyl adjacent to an activating group) is 1. The molecular formula is C20H25NO6S. The van der Waals surface area contributed by atoms with Crippen LogP contribution in [0.4, 0.5) is 0 Å². The van der Waals surface area contributed by atoms with Gasteiger partial charge in [-0.1, -0.05) is 12.1 Å². The van der Waals surface area contributed by atoms with E-state index in [2.05, 4.69) is 0 Å². The van der Waals surface area contributed by atoms with Crippen molar-refractivity contribution in [2.24, 2.45) is 0 Å². The molecule has 8 heteroatoms. The van der Waals surface area contributed by atoms with Gasteiger partial charge >= 0.3 is 0 Å². The molecule has 0 spiro atoms. The maximum absolute atomic E-state index is 13.0. The first-order chi connectivity index (χ1) is 13.5. The van der Waals surface area contributed by atoms with E-state index in [0.717, 1.165) is 0 Å². The molecule has 0 N–H and O–H groups in total. The molecule has 1 atom stereocenters. The van der Waals surface area contributed by atoms with Crippen LogP contribution in [0, 0.1) is 0 Å². The minimum Gasteiger partial charge on any atom is -0.490 e. The van der Waals surface area contributed by atoms with Crippen molar-refractivity contribution < 1.29 is 27.4 Å². The first-order valence-corrected chi connectivity index (χ1v) is 10.6. The van der Waals surface area contributed by atoms with Crippen molar-refractivity contribution in [3.63, 3.8) is 0 Å². The lowest BCUT2D eigenvalue weighted by Crippen LogP contribution is -2.41. The van der Waals surface area contributed by atoms with Gasteiger partial charge in [-0.15, -0.1) is 0 Å². The van der Waals surface area contributed by atoms with Gasteiger partial charge < -0.3 is 18.9 Å². The molecule has 1 aliphatic heterocycles. The van der Waals surface area contributed by atoms with Gasteiger partial charge in [0.1, 0.15) is 12.7 Å². The van der Waals surface area contributed by atoms with Gasteiger partial charge in [-0.3, -0.25) is 0 Å². The average Bonchev–Trinajstić information content (AvgIpc) is 2.69. The number of sulfonamides is 1. The molecule has 0 saturated carbocycles. The number of ether oxygens (including phenoxy) is 4. The topological polar surface area (TPSA) is 74.3 Å². The van der Waals surface area contributed by atoms with Crippen LogP contribution >= 0.6 is 0 Å². The zero-order valence-electron chi connectivity index (χ0n) is 16.3. The summed E-state index contributed by atoms with van der Waals surface area (Å²) in [7, 11) is -2.20. The highest BCUT2D eigenvalue weighted by Crippen LogP contribution is 2.33. The smallest absolute Gasteiger partial charge is 0.243 e. The Morgan fingerprint density at radius 3 is 2.43 bits per heavy atom. The minimum absolute atomic E-state index is 0.138. The highest BCUT2D eigenvalue weighted by Gasteiger charge is 2.28. The van der Waals surface area contributed by atoms with Crippen LogP contribution in [0.2, 0.25) is 0 Å². The summed E-state index contributed by atoms with van der Waals surface area (Å²) >= 11 is 0. The van der Waals surface area contributed by atoms with Crippen LogP contribution in [0.5, 0.6) is 23.0 Å². The summed E-state index contributed by atoms with van der Waals surface area (Å²) in [5.74, 6) is 2.21. The van der Waals surface area contributed by atoms with Crippen LogP contribution in [0.25, 0.3) is 0 Å². The second-order valence-corrected chi connectivity index (χ2v) is 8.30. The zero-order chi connectivity index (χ0) is 20.1. The number of fused-ring (bicyclic) bond motifs is 1. The largest absolute Gasteiger partial charge is 0.490 e. The third-order valence-corrected chi connectivity index (χ3v) is 6.07.